The maximum Gasteiger partial charge on any atom is 0.184 e. The van der Waals surface area contributed by atoms with E-state index >= 15 is 0 Å². The summed E-state index contributed by atoms with van der Waals surface area (Å²) in [5.74, 6) is 1.47. The zero-order chi connectivity index (χ0) is 17.2. The molecule has 1 aromatic carbocycles. The van der Waals surface area contributed by atoms with Gasteiger partial charge in [0.2, 0.25) is 0 Å². The quantitative estimate of drug-likeness (QED) is 0.528. The molecule has 3 N–H and O–H groups in total. The second-order valence-corrected chi connectivity index (χ2v) is 5.39. The lowest BCUT2D eigenvalue weighted by Crippen LogP contribution is -2.11. The summed E-state index contributed by atoms with van der Waals surface area (Å²) in [6.45, 7) is 0. The minimum Gasteiger partial charge on any atom is -0.380 e. The van der Waals surface area contributed by atoms with Crippen LogP contribution in [0.2, 0.25) is 0 Å². The maximum absolute atomic E-state index is 10.6. The third-order valence-electron chi connectivity index (χ3n) is 3.76. The van der Waals surface area contributed by atoms with E-state index in [0.29, 0.717) is 22.8 Å². The average Bonchev–Trinajstić information content (AvgIpc) is 3.32. The van der Waals surface area contributed by atoms with Crippen LogP contribution in [0.1, 0.15) is 23.1 Å². The maximum atomic E-state index is 10.6. The molecule has 4 aromatic rings. The number of fused-ring (bicyclic) bond motifs is 1. The van der Waals surface area contributed by atoms with Crippen LogP contribution in [-0.4, -0.2) is 29.9 Å². The monoisotopic (exact) mass is 331 g/mol. The number of hydrogen-bond acceptors (Lipinski definition) is 6. The first-order chi connectivity index (χ1) is 12.2. The van der Waals surface area contributed by atoms with E-state index in [-0.39, 0.29) is 5.82 Å². The molecule has 4 rings (SSSR count). The Morgan fingerprint density at radius 3 is 2.76 bits per heavy atom. The Kier molecular flexibility index (Phi) is 3.61. The number of rotatable bonds is 4. The Morgan fingerprint density at radius 1 is 1.20 bits per heavy atom. The summed E-state index contributed by atoms with van der Waals surface area (Å²) in [5, 5.41) is 33.7. The predicted molar refractivity (Wildman–Crippen MR) is 90.1 cm³/mol. The van der Waals surface area contributed by atoms with Gasteiger partial charge in [-0.1, -0.05) is 12.1 Å². The first-order valence-corrected chi connectivity index (χ1v) is 7.54. The summed E-state index contributed by atoms with van der Waals surface area (Å²) in [7, 11) is 0. The van der Waals surface area contributed by atoms with Gasteiger partial charge in [0.15, 0.2) is 11.6 Å². The van der Waals surface area contributed by atoms with E-state index in [4.69, 9.17) is 5.26 Å². The Morgan fingerprint density at radius 2 is 2.04 bits per heavy atom. The highest BCUT2D eigenvalue weighted by Gasteiger charge is 2.17. The molecule has 8 heteroatoms. The van der Waals surface area contributed by atoms with Gasteiger partial charge < -0.3 is 10.4 Å². The van der Waals surface area contributed by atoms with Gasteiger partial charge in [-0.25, -0.2) is 9.50 Å². The van der Waals surface area contributed by atoms with Crippen molar-refractivity contribution in [2.45, 2.75) is 6.10 Å². The van der Waals surface area contributed by atoms with E-state index in [1.165, 1.54) is 0 Å². The summed E-state index contributed by atoms with van der Waals surface area (Å²) in [6.07, 6.45) is 2.40. The van der Waals surface area contributed by atoms with Crippen LogP contribution in [-0.2, 0) is 0 Å². The number of aromatic amines is 1. The molecular formula is C17H13N7O. The van der Waals surface area contributed by atoms with Gasteiger partial charge in [0.25, 0.3) is 0 Å². The van der Waals surface area contributed by atoms with Gasteiger partial charge in [-0.05, 0) is 29.8 Å². The van der Waals surface area contributed by atoms with E-state index in [1.54, 1.807) is 47.2 Å². The lowest BCUT2D eigenvalue weighted by atomic mass is 10.1. The molecule has 122 valence electrons. The Balaban J connectivity index is 1.74. The summed E-state index contributed by atoms with van der Waals surface area (Å²) in [4.78, 5) is 4.46. The van der Waals surface area contributed by atoms with Crippen LogP contribution < -0.4 is 5.32 Å². The highest BCUT2D eigenvalue weighted by Crippen LogP contribution is 2.24. The van der Waals surface area contributed by atoms with Crippen molar-refractivity contribution in [2.24, 2.45) is 0 Å². The van der Waals surface area contributed by atoms with E-state index in [2.05, 4.69) is 31.7 Å². The number of nitrogens with zero attached hydrogens (tertiary/aromatic N) is 5. The second-order valence-electron chi connectivity index (χ2n) is 5.39. The fourth-order valence-corrected chi connectivity index (χ4v) is 2.50. The number of aliphatic hydroxyl groups is 1. The zero-order valence-electron chi connectivity index (χ0n) is 13.0. The standard InChI is InChI=1S/C17H13N7O/c18-10-11-3-5-12(6-4-11)15(25)17-21-16(20-14-7-8-19-22-14)13-2-1-9-24(13)23-17/h1-9,15,25H,(H2,19,20,21,22,23). The molecule has 3 heterocycles. The lowest BCUT2D eigenvalue weighted by molar-refractivity contribution is 0.208. The van der Waals surface area contributed by atoms with Crippen LogP contribution in [0.3, 0.4) is 0 Å². The smallest absolute Gasteiger partial charge is 0.184 e. The van der Waals surface area contributed by atoms with Crippen molar-refractivity contribution in [3.8, 4) is 6.07 Å². The molecule has 0 amide bonds. The van der Waals surface area contributed by atoms with Gasteiger partial charge in [-0.15, -0.1) is 5.10 Å². The minimum absolute atomic E-state index is 0.246. The number of aliphatic hydroxyl groups excluding tert-OH is 1. The van der Waals surface area contributed by atoms with Crippen LogP contribution in [0.25, 0.3) is 5.52 Å². The fraction of sp³-hybridized carbons (Fsp3) is 0.0588. The zero-order valence-corrected chi connectivity index (χ0v) is 13.0. The van der Waals surface area contributed by atoms with E-state index in [0.717, 1.165) is 5.52 Å². The van der Waals surface area contributed by atoms with Gasteiger partial charge in [0, 0.05) is 12.3 Å². The molecule has 0 aliphatic rings. The van der Waals surface area contributed by atoms with E-state index in [9.17, 15) is 5.11 Å². The van der Waals surface area contributed by atoms with Gasteiger partial charge in [0.1, 0.15) is 17.4 Å². The molecule has 0 spiro atoms. The third kappa shape index (κ3) is 2.80. The van der Waals surface area contributed by atoms with Crippen molar-refractivity contribution < 1.29 is 5.11 Å². The van der Waals surface area contributed by atoms with Crippen molar-refractivity contribution in [3.63, 3.8) is 0 Å². The lowest BCUT2D eigenvalue weighted by Gasteiger charge is -2.13. The molecule has 0 saturated carbocycles. The Bertz CT molecular complexity index is 1040. The number of H-pyrrole nitrogens is 1. The van der Waals surface area contributed by atoms with E-state index in [1.807, 2.05) is 12.1 Å². The fourth-order valence-electron chi connectivity index (χ4n) is 2.50. The molecule has 1 unspecified atom stereocenters. The molecule has 1 atom stereocenters. The number of benzene rings is 1. The van der Waals surface area contributed by atoms with Crippen molar-refractivity contribution in [3.05, 3.63) is 71.8 Å². The molecule has 3 aromatic heterocycles. The largest absolute Gasteiger partial charge is 0.380 e. The topological polar surface area (TPSA) is 115 Å². The van der Waals surface area contributed by atoms with Crippen molar-refractivity contribution in [2.75, 3.05) is 5.32 Å². The van der Waals surface area contributed by atoms with Gasteiger partial charge in [-0.3, -0.25) is 5.10 Å². The number of nitriles is 1. The van der Waals surface area contributed by atoms with Crippen molar-refractivity contribution in [1.29, 1.82) is 5.26 Å². The molecule has 0 bridgehead atoms. The minimum atomic E-state index is -1.01. The Hall–Kier alpha value is -3.70. The summed E-state index contributed by atoms with van der Waals surface area (Å²) in [5.41, 5.74) is 1.91. The van der Waals surface area contributed by atoms with Gasteiger partial charge >= 0.3 is 0 Å². The normalized spacial score (nSPS) is 12.0. The van der Waals surface area contributed by atoms with Crippen molar-refractivity contribution in [1.82, 2.24) is 24.8 Å². The molecule has 0 aliphatic heterocycles. The molecule has 8 nitrogen and oxygen atoms in total. The molecular weight excluding hydrogens is 318 g/mol. The molecule has 25 heavy (non-hydrogen) atoms. The number of hydrogen-bond donors (Lipinski definition) is 3. The molecule has 0 saturated heterocycles. The number of nitrogens with one attached hydrogen (secondary N) is 2. The van der Waals surface area contributed by atoms with Crippen LogP contribution in [0.15, 0.2) is 54.9 Å². The SMILES string of the molecule is N#Cc1ccc(C(O)c2nc(Nc3ccn[nH]3)c3cccn3n2)cc1. The van der Waals surface area contributed by atoms with E-state index < -0.39 is 6.10 Å². The van der Waals surface area contributed by atoms with Crippen LogP contribution in [0, 0.1) is 11.3 Å². The van der Waals surface area contributed by atoms with Crippen LogP contribution in [0.5, 0.6) is 0 Å². The summed E-state index contributed by atoms with van der Waals surface area (Å²) >= 11 is 0. The van der Waals surface area contributed by atoms with Gasteiger partial charge in [0.05, 0.1) is 17.8 Å². The average molecular weight is 331 g/mol. The first kappa shape index (κ1) is 14.9. The highest BCUT2D eigenvalue weighted by atomic mass is 16.3. The van der Waals surface area contributed by atoms with Gasteiger partial charge in [-0.2, -0.15) is 10.4 Å². The predicted octanol–water partition coefficient (Wildman–Crippen LogP) is 2.15. The number of anilines is 2. The molecule has 0 fully saturated rings. The first-order valence-electron chi connectivity index (χ1n) is 7.54. The second kappa shape index (κ2) is 6.07. The van der Waals surface area contributed by atoms with Crippen LogP contribution >= 0.6 is 0 Å². The van der Waals surface area contributed by atoms with Crippen molar-refractivity contribution >= 4 is 17.2 Å². The molecule has 0 radical (unpaired) electrons. The highest BCUT2D eigenvalue weighted by molar-refractivity contribution is 5.71. The summed E-state index contributed by atoms with van der Waals surface area (Å²) < 4.78 is 1.65. The third-order valence-corrected chi connectivity index (χ3v) is 3.76. The summed E-state index contributed by atoms with van der Waals surface area (Å²) in [6, 6.07) is 14.2. The number of aromatic nitrogens is 5. The molecule has 0 aliphatic carbocycles. The van der Waals surface area contributed by atoms with Crippen LogP contribution in [0.4, 0.5) is 11.6 Å². The Labute approximate surface area is 142 Å².